The van der Waals surface area contributed by atoms with Crippen molar-refractivity contribution in [2.24, 2.45) is 0 Å². The van der Waals surface area contributed by atoms with E-state index in [9.17, 15) is 14.4 Å². The average Bonchev–Trinajstić information content (AvgIpc) is 3.40. The summed E-state index contributed by atoms with van der Waals surface area (Å²) < 4.78 is 15.2. The number of hydrogen-bond acceptors (Lipinski definition) is 8. The average molecular weight is 419 g/mol. The van der Waals surface area contributed by atoms with Crippen LogP contribution in [-0.2, 0) is 14.3 Å². The van der Waals surface area contributed by atoms with Crippen molar-refractivity contribution >= 4 is 45.5 Å². The summed E-state index contributed by atoms with van der Waals surface area (Å²) in [5, 5.41) is 6.65. The zero-order chi connectivity index (χ0) is 20.1. The molecule has 0 saturated carbocycles. The van der Waals surface area contributed by atoms with Gasteiger partial charge < -0.3 is 19.2 Å². The smallest absolute Gasteiger partial charge is 0.374 e. The van der Waals surface area contributed by atoms with Gasteiger partial charge in [-0.15, -0.1) is 22.7 Å². The fourth-order valence-electron chi connectivity index (χ4n) is 2.38. The third kappa shape index (κ3) is 4.49. The van der Waals surface area contributed by atoms with Gasteiger partial charge >= 0.3 is 11.9 Å². The van der Waals surface area contributed by atoms with Gasteiger partial charge in [0.1, 0.15) is 16.3 Å². The lowest BCUT2D eigenvalue weighted by Gasteiger charge is -2.08. The van der Waals surface area contributed by atoms with E-state index in [2.05, 4.69) is 5.32 Å². The Kier molecular flexibility index (Phi) is 6.27. The van der Waals surface area contributed by atoms with Gasteiger partial charge in [0, 0.05) is 15.8 Å². The molecule has 3 heterocycles. The normalized spacial score (nSPS) is 10.5. The highest BCUT2D eigenvalue weighted by Gasteiger charge is 2.23. The van der Waals surface area contributed by atoms with Crippen LogP contribution >= 0.6 is 22.7 Å². The highest BCUT2D eigenvalue weighted by Crippen LogP contribution is 2.38. The van der Waals surface area contributed by atoms with E-state index >= 15 is 0 Å². The number of carbonyl (C=O) groups is 3. The monoisotopic (exact) mass is 419 g/mol. The zero-order valence-corrected chi connectivity index (χ0v) is 16.8. The van der Waals surface area contributed by atoms with Crippen molar-refractivity contribution in [1.82, 2.24) is 0 Å². The van der Waals surface area contributed by atoms with Crippen LogP contribution in [0.2, 0.25) is 0 Å². The SMILES string of the molecule is CCOC(=O)c1c(-c2cccs2)csc1NC(=O)COC(=O)c1ccc(C)o1. The van der Waals surface area contributed by atoms with Gasteiger partial charge in [-0.3, -0.25) is 4.79 Å². The van der Waals surface area contributed by atoms with E-state index < -0.39 is 24.5 Å². The molecule has 0 spiro atoms. The molecule has 3 aromatic rings. The Balaban J connectivity index is 1.71. The molecule has 28 heavy (non-hydrogen) atoms. The van der Waals surface area contributed by atoms with Crippen molar-refractivity contribution in [3.05, 3.63) is 52.1 Å². The van der Waals surface area contributed by atoms with Crippen molar-refractivity contribution in [1.29, 1.82) is 0 Å². The summed E-state index contributed by atoms with van der Waals surface area (Å²) in [7, 11) is 0. The maximum Gasteiger partial charge on any atom is 0.374 e. The quantitative estimate of drug-likeness (QED) is 0.572. The molecule has 0 radical (unpaired) electrons. The largest absolute Gasteiger partial charge is 0.462 e. The molecule has 0 aromatic carbocycles. The summed E-state index contributed by atoms with van der Waals surface area (Å²) >= 11 is 2.68. The molecule has 0 aliphatic heterocycles. The van der Waals surface area contributed by atoms with Crippen LogP contribution in [0.25, 0.3) is 10.4 Å². The molecule has 3 aromatic heterocycles. The van der Waals surface area contributed by atoms with E-state index in [0.29, 0.717) is 16.3 Å². The third-order valence-electron chi connectivity index (χ3n) is 3.59. The Morgan fingerprint density at radius 2 is 1.93 bits per heavy atom. The number of rotatable bonds is 7. The van der Waals surface area contributed by atoms with Crippen molar-refractivity contribution in [3.63, 3.8) is 0 Å². The van der Waals surface area contributed by atoms with Crippen molar-refractivity contribution < 1.29 is 28.3 Å². The topological polar surface area (TPSA) is 94.8 Å². The van der Waals surface area contributed by atoms with Crippen molar-refractivity contribution in [3.8, 4) is 10.4 Å². The fourth-order valence-corrected chi connectivity index (χ4v) is 4.17. The van der Waals surface area contributed by atoms with Gasteiger partial charge in [0.15, 0.2) is 6.61 Å². The Morgan fingerprint density at radius 1 is 1.11 bits per heavy atom. The minimum Gasteiger partial charge on any atom is -0.462 e. The fraction of sp³-hybridized carbons (Fsp3) is 0.211. The molecular formula is C19H17NO6S2. The van der Waals surface area contributed by atoms with E-state index in [1.807, 2.05) is 17.5 Å². The summed E-state index contributed by atoms with van der Waals surface area (Å²) in [6.07, 6.45) is 0. The number of aryl methyl sites for hydroxylation is 1. The Labute approximate surface area is 168 Å². The number of nitrogens with one attached hydrogen (secondary N) is 1. The lowest BCUT2D eigenvalue weighted by molar-refractivity contribution is -0.119. The molecule has 7 nitrogen and oxygen atoms in total. The first-order valence-electron chi connectivity index (χ1n) is 8.35. The van der Waals surface area contributed by atoms with Gasteiger partial charge in [-0.05, 0) is 37.4 Å². The Morgan fingerprint density at radius 3 is 2.57 bits per heavy atom. The molecule has 0 atom stereocenters. The van der Waals surface area contributed by atoms with E-state index in [1.54, 1.807) is 25.3 Å². The zero-order valence-electron chi connectivity index (χ0n) is 15.1. The molecule has 1 amide bonds. The molecule has 0 saturated heterocycles. The van der Waals surface area contributed by atoms with Gasteiger partial charge in [0.25, 0.3) is 5.91 Å². The molecule has 0 fully saturated rings. The second kappa shape index (κ2) is 8.85. The highest BCUT2D eigenvalue weighted by atomic mass is 32.1. The molecule has 0 unspecified atom stereocenters. The Bertz CT molecular complexity index is 986. The minimum atomic E-state index is -0.737. The predicted molar refractivity (Wildman–Crippen MR) is 106 cm³/mol. The van der Waals surface area contributed by atoms with Gasteiger partial charge in [-0.25, -0.2) is 9.59 Å². The van der Waals surface area contributed by atoms with Crippen molar-refractivity contribution in [2.75, 3.05) is 18.5 Å². The van der Waals surface area contributed by atoms with Crippen LogP contribution in [0.1, 0.15) is 33.6 Å². The number of carbonyl (C=O) groups excluding carboxylic acids is 3. The number of anilines is 1. The number of thiophene rings is 2. The maximum atomic E-state index is 12.4. The second-order valence-electron chi connectivity index (χ2n) is 5.59. The summed E-state index contributed by atoms with van der Waals surface area (Å²) in [5.74, 6) is -1.24. The maximum absolute atomic E-state index is 12.4. The van der Waals surface area contributed by atoms with Crippen LogP contribution in [0.5, 0.6) is 0 Å². The summed E-state index contributed by atoms with van der Waals surface area (Å²) in [5.41, 5.74) is 0.979. The lowest BCUT2D eigenvalue weighted by atomic mass is 10.1. The van der Waals surface area contributed by atoms with E-state index in [0.717, 1.165) is 4.88 Å². The molecule has 0 aliphatic rings. The van der Waals surface area contributed by atoms with Crippen LogP contribution in [0, 0.1) is 6.92 Å². The molecule has 9 heteroatoms. The standard InChI is InChI=1S/C19H17NO6S2/c1-3-24-19(23)16-12(14-5-4-8-27-14)10-28-17(16)20-15(21)9-25-18(22)13-7-6-11(2)26-13/h4-8,10H,3,9H2,1-2H3,(H,20,21). The van der Waals surface area contributed by atoms with Crippen LogP contribution in [0.3, 0.4) is 0 Å². The minimum absolute atomic E-state index is 0.0219. The predicted octanol–water partition coefficient (Wildman–Crippen LogP) is 4.35. The van der Waals surface area contributed by atoms with Gasteiger partial charge in [-0.2, -0.15) is 0 Å². The Hall–Kier alpha value is -2.91. The van der Waals surface area contributed by atoms with Crippen molar-refractivity contribution in [2.45, 2.75) is 13.8 Å². The molecule has 0 bridgehead atoms. The summed E-state index contributed by atoms with van der Waals surface area (Å²) in [6.45, 7) is 3.12. The van der Waals surface area contributed by atoms with Gasteiger partial charge in [-0.1, -0.05) is 6.07 Å². The molecule has 146 valence electrons. The van der Waals surface area contributed by atoms with Crippen LogP contribution in [0.15, 0.2) is 39.4 Å². The number of ether oxygens (including phenoxy) is 2. The number of amides is 1. The highest BCUT2D eigenvalue weighted by molar-refractivity contribution is 7.17. The van der Waals surface area contributed by atoms with E-state index in [4.69, 9.17) is 13.9 Å². The number of hydrogen-bond donors (Lipinski definition) is 1. The van der Waals surface area contributed by atoms with E-state index in [1.165, 1.54) is 28.7 Å². The first kappa shape index (κ1) is 19.8. The molecule has 1 N–H and O–H groups in total. The molecular weight excluding hydrogens is 402 g/mol. The molecule has 3 rings (SSSR count). The third-order valence-corrected chi connectivity index (χ3v) is 5.38. The number of esters is 2. The van der Waals surface area contributed by atoms with Gasteiger partial charge in [0.05, 0.1) is 6.61 Å². The van der Waals surface area contributed by atoms with E-state index in [-0.39, 0.29) is 17.9 Å². The lowest BCUT2D eigenvalue weighted by Crippen LogP contribution is -2.21. The summed E-state index contributed by atoms with van der Waals surface area (Å²) in [6, 6.07) is 6.86. The van der Waals surface area contributed by atoms with Gasteiger partial charge in [0.2, 0.25) is 5.76 Å². The first-order valence-corrected chi connectivity index (χ1v) is 10.1. The number of furan rings is 1. The summed E-state index contributed by atoms with van der Waals surface area (Å²) in [4.78, 5) is 37.4. The van der Waals surface area contributed by atoms with Crippen LogP contribution < -0.4 is 5.32 Å². The second-order valence-corrected chi connectivity index (χ2v) is 7.41. The first-order chi connectivity index (χ1) is 13.5. The molecule has 0 aliphatic carbocycles. The van der Waals surface area contributed by atoms with Crippen LogP contribution in [-0.4, -0.2) is 31.1 Å². The van der Waals surface area contributed by atoms with Crippen LogP contribution in [0.4, 0.5) is 5.00 Å².